The Labute approximate surface area is 112 Å². The van der Waals surface area contributed by atoms with Crippen LogP contribution in [0.1, 0.15) is 28.6 Å². The Bertz CT molecular complexity index is 547. The molecular weight excluding hydrogens is 242 g/mol. The normalized spacial score (nSPS) is 10.2. The van der Waals surface area contributed by atoms with Gasteiger partial charge in [-0.2, -0.15) is 0 Å². The summed E-state index contributed by atoms with van der Waals surface area (Å²) in [5.41, 5.74) is 1.65. The quantitative estimate of drug-likeness (QED) is 0.898. The standard InChI is InChI=1S/C15H17NO3/c1-3-11-9-12(6-7-14(11)18-2)15(17)16-10-13-5-4-8-19-13/h4-9H,3,10H2,1-2H3,(H,16,17). The molecule has 0 bridgehead atoms. The van der Waals surface area contributed by atoms with Crippen LogP contribution >= 0.6 is 0 Å². The zero-order valence-electron chi connectivity index (χ0n) is 11.1. The number of aryl methyl sites for hydroxylation is 1. The Kier molecular flexibility index (Phi) is 4.23. The van der Waals surface area contributed by atoms with Gasteiger partial charge in [-0.3, -0.25) is 4.79 Å². The van der Waals surface area contributed by atoms with Gasteiger partial charge < -0.3 is 14.5 Å². The van der Waals surface area contributed by atoms with Crippen LogP contribution in [-0.4, -0.2) is 13.0 Å². The minimum Gasteiger partial charge on any atom is -0.496 e. The van der Waals surface area contributed by atoms with Gasteiger partial charge in [0.2, 0.25) is 0 Å². The third-order valence-corrected chi connectivity index (χ3v) is 2.93. The van der Waals surface area contributed by atoms with Crippen molar-refractivity contribution < 1.29 is 13.9 Å². The second-order valence-corrected chi connectivity index (χ2v) is 4.14. The van der Waals surface area contributed by atoms with Crippen LogP contribution in [0.2, 0.25) is 0 Å². The summed E-state index contributed by atoms with van der Waals surface area (Å²) in [6.07, 6.45) is 2.41. The maximum absolute atomic E-state index is 12.0. The van der Waals surface area contributed by atoms with Gasteiger partial charge in [-0.25, -0.2) is 0 Å². The largest absolute Gasteiger partial charge is 0.496 e. The molecule has 19 heavy (non-hydrogen) atoms. The number of ether oxygens (including phenoxy) is 1. The van der Waals surface area contributed by atoms with E-state index in [0.29, 0.717) is 12.1 Å². The van der Waals surface area contributed by atoms with Gasteiger partial charge in [0.05, 0.1) is 19.9 Å². The van der Waals surface area contributed by atoms with E-state index < -0.39 is 0 Å². The molecule has 0 atom stereocenters. The fourth-order valence-corrected chi connectivity index (χ4v) is 1.88. The van der Waals surface area contributed by atoms with Gasteiger partial charge in [-0.05, 0) is 42.3 Å². The summed E-state index contributed by atoms with van der Waals surface area (Å²) in [6, 6.07) is 9.06. The summed E-state index contributed by atoms with van der Waals surface area (Å²) < 4.78 is 10.4. The summed E-state index contributed by atoms with van der Waals surface area (Å²) in [6.45, 7) is 2.42. The molecule has 0 fully saturated rings. The van der Waals surface area contributed by atoms with Gasteiger partial charge in [0, 0.05) is 5.56 Å². The molecule has 1 N–H and O–H groups in total. The minimum atomic E-state index is -0.117. The smallest absolute Gasteiger partial charge is 0.251 e. The van der Waals surface area contributed by atoms with Crippen LogP contribution in [-0.2, 0) is 13.0 Å². The third-order valence-electron chi connectivity index (χ3n) is 2.93. The number of nitrogens with one attached hydrogen (secondary N) is 1. The minimum absolute atomic E-state index is 0.117. The SMILES string of the molecule is CCc1cc(C(=O)NCc2ccco2)ccc1OC. The fraction of sp³-hybridized carbons (Fsp3) is 0.267. The van der Waals surface area contributed by atoms with Gasteiger partial charge >= 0.3 is 0 Å². The predicted octanol–water partition coefficient (Wildman–Crippen LogP) is 2.78. The summed E-state index contributed by atoms with van der Waals surface area (Å²) >= 11 is 0. The molecule has 4 nitrogen and oxygen atoms in total. The molecule has 1 heterocycles. The van der Waals surface area contributed by atoms with Gasteiger partial charge in [-0.15, -0.1) is 0 Å². The number of hydrogen-bond acceptors (Lipinski definition) is 3. The Hall–Kier alpha value is -2.23. The second-order valence-electron chi connectivity index (χ2n) is 4.14. The Morgan fingerprint density at radius 1 is 1.37 bits per heavy atom. The van der Waals surface area contributed by atoms with E-state index in [4.69, 9.17) is 9.15 Å². The molecule has 1 amide bonds. The molecule has 100 valence electrons. The highest BCUT2D eigenvalue weighted by Crippen LogP contribution is 2.20. The van der Waals surface area contributed by atoms with Gasteiger partial charge in [0.1, 0.15) is 11.5 Å². The molecule has 0 saturated heterocycles. The number of carbonyl (C=O) groups is 1. The highest BCUT2D eigenvalue weighted by atomic mass is 16.5. The van der Waals surface area contributed by atoms with Crippen molar-refractivity contribution in [1.82, 2.24) is 5.32 Å². The van der Waals surface area contributed by atoms with E-state index >= 15 is 0 Å². The molecule has 0 spiro atoms. The Morgan fingerprint density at radius 2 is 2.21 bits per heavy atom. The third kappa shape index (κ3) is 3.16. The van der Waals surface area contributed by atoms with Crippen LogP contribution in [0, 0.1) is 0 Å². The van der Waals surface area contributed by atoms with Gasteiger partial charge in [-0.1, -0.05) is 6.92 Å². The van der Waals surface area contributed by atoms with E-state index in [1.807, 2.05) is 25.1 Å². The molecule has 0 saturated carbocycles. The van der Waals surface area contributed by atoms with Crippen LogP contribution in [0.5, 0.6) is 5.75 Å². The molecule has 0 unspecified atom stereocenters. The van der Waals surface area contributed by atoms with Crippen molar-refractivity contribution in [2.24, 2.45) is 0 Å². The molecule has 2 rings (SSSR count). The monoisotopic (exact) mass is 259 g/mol. The molecule has 0 aliphatic rings. The molecule has 0 aliphatic heterocycles. The molecule has 0 aliphatic carbocycles. The molecule has 1 aromatic carbocycles. The number of amides is 1. The molecule has 1 aromatic heterocycles. The number of methoxy groups -OCH3 is 1. The first kappa shape index (κ1) is 13.2. The molecule has 2 aromatic rings. The lowest BCUT2D eigenvalue weighted by atomic mass is 10.1. The van der Waals surface area contributed by atoms with Crippen molar-refractivity contribution in [2.45, 2.75) is 19.9 Å². The Balaban J connectivity index is 2.06. The van der Waals surface area contributed by atoms with E-state index in [0.717, 1.165) is 23.5 Å². The van der Waals surface area contributed by atoms with E-state index in [-0.39, 0.29) is 5.91 Å². The van der Waals surface area contributed by atoms with Crippen molar-refractivity contribution in [3.63, 3.8) is 0 Å². The number of benzene rings is 1. The number of carbonyl (C=O) groups excluding carboxylic acids is 1. The zero-order chi connectivity index (χ0) is 13.7. The topological polar surface area (TPSA) is 51.5 Å². The van der Waals surface area contributed by atoms with Gasteiger partial charge in [0.15, 0.2) is 0 Å². The summed E-state index contributed by atoms with van der Waals surface area (Å²) in [5.74, 6) is 1.43. The number of rotatable bonds is 5. The maximum Gasteiger partial charge on any atom is 0.251 e. The molecule has 4 heteroatoms. The first-order valence-corrected chi connectivity index (χ1v) is 6.22. The van der Waals surface area contributed by atoms with Crippen LogP contribution in [0.15, 0.2) is 41.0 Å². The second kappa shape index (κ2) is 6.09. The summed E-state index contributed by atoms with van der Waals surface area (Å²) in [7, 11) is 1.63. The van der Waals surface area contributed by atoms with E-state index in [9.17, 15) is 4.79 Å². The lowest BCUT2D eigenvalue weighted by Crippen LogP contribution is -2.22. The summed E-state index contributed by atoms with van der Waals surface area (Å²) in [5, 5.41) is 2.82. The Morgan fingerprint density at radius 3 is 2.84 bits per heavy atom. The first-order valence-electron chi connectivity index (χ1n) is 6.22. The molecular formula is C15H17NO3. The number of furan rings is 1. The highest BCUT2D eigenvalue weighted by Gasteiger charge is 2.09. The van der Waals surface area contributed by atoms with Crippen LogP contribution in [0.25, 0.3) is 0 Å². The lowest BCUT2D eigenvalue weighted by molar-refractivity contribution is 0.0948. The lowest BCUT2D eigenvalue weighted by Gasteiger charge is -2.09. The summed E-state index contributed by atoms with van der Waals surface area (Å²) in [4.78, 5) is 12.0. The predicted molar refractivity (Wildman–Crippen MR) is 72.3 cm³/mol. The average molecular weight is 259 g/mol. The van der Waals surface area contributed by atoms with Crippen molar-refractivity contribution in [3.05, 3.63) is 53.5 Å². The van der Waals surface area contributed by atoms with E-state index in [1.165, 1.54) is 0 Å². The molecule has 0 radical (unpaired) electrons. The van der Waals surface area contributed by atoms with Crippen molar-refractivity contribution >= 4 is 5.91 Å². The van der Waals surface area contributed by atoms with Crippen LogP contribution in [0.4, 0.5) is 0 Å². The van der Waals surface area contributed by atoms with Crippen molar-refractivity contribution in [2.75, 3.05) is 7.11 Å². The van der Waals surface area contributed by atoms with Gasteiger partial charge in [0.25, 0.3) is 5.91 Å². The fourth-order valence-electron chi connectivity index (χ4n) is 1.88. The first-order chi connectivity index (χ1) is 9.24. The van der Waals surface area contributed by atoms with E-state index in [1.54, 1.807) is 25.5 Å². The van der Waals surface area contributed by atoms with E-state index in [2.05, 4.69) is 5.32 Å². The zero-order valence-corrected chi connectivity index (χ0v) is 11.1. The highest BCUT2D eigenvalue weighted by molar-refractivity contribution is 5.94. The van der Waals surface area contributed by atoms with Crippen LogP contribution < -0.4 is 10.1 Å². The van der Waals surface area contributed by atoms with Crippen LogP contribution in [0.3, 0.4) is 0 Å². The maximum atomic E-state index is 12.0. The van der Waals surface area contributed by atoms with Crippen molar-refractivity contribution in [3.8, 4) is 5.75 Å². The average Bonchev–Trinajstić information content (AvgIpc) is 2.97. The number of hydrogen-bond donors (Lipinski definition) is 1. The van der Waals surface area contributed by atoms with Crippen molar-refractivity contribution in [1.29, 1.82) is 0 Å².